The molecular formula is C10H12N4O. The number of hydrogen-bond donors (Lipinski definition) is 0. The van der Waals surface area contributed by atoms with Gasteiger partial charge in [-0.05, 0) is 24.3 Å². The van der Waals surface area contributed by atoms with Crippen LogP contribution in [-0.2, 0) is 13.2 Å². The Labute approximate surface area is 87.7 Å². The molecule has 15 heavy (non-hydrogen) atoms. The first-order chi connectivity index (χ1) is 7.38. The molecule has 0 aliphatic carbocycles. The molecule has 0 radical (unpaired) electrons. The highest BCUT2D eigenvalue weighted by atomic mass is 16.5. The highest BCUT2D eigenvalue weighted by Gasteiger charge is 2.01. The molecule has 2 aromatic rings. The summed E-state index contributed by atoms with van der Waals surface area (Å²) < 4.78 is 5.47. The second kappa shape index (κ2) is 4.54. The minimum atomic E-state index is 0.351. The average molecular weight is 204 g/mol. The topological polar surface area (TPSA) is 52.8 Å². The molecule has 0 saturated heterocycles. The van der Waals surface area contributed by atoms with Crippen molar-refractivity contribution in [3.05, 3.63) is 36.2 Å². The number of tetrazole rings is 1. The molecule has 2 rings (SSSR count). The van der Waals surface area contributed by atoms with Crippen molar-refractivity contribution in [3.8, 4) is 5.75 Å². The lowest BCUT2D eigenvalue weighted by atomic mass is 10.3. The highest BCUT2D eigenvalue weighted by Crippen LogP contribution is 2.09. The fourth-order valence-corrected chi connectivity index (χ4v) is 1.13. The van der Waals surface area contributed by atoms with Crippen molar-refractivity contribution in [2.24, 2.45) is 0 Å². The smallest absolute Gasteiger partial charge is 0.212 e. The van der Waals surface area contributed by atoms with Gasteiger partial charge in [-0.25, -0.2) is 0 Å². The van der Waals surface area contributed by atoms with Gasteiger partial charge in [-0.3, -0.25) is 0 Å². The molecule has 5 heteroatoms. The Kier molecular flexibility index (Phi) is 2.92. The molecule has 0 aliphatic heterocycles. The zero-order valence-electron chi connectivity index (χ0n) is 8.50. The number of benzene rings is 1. The molecule has 0 spiro atoms. The fourth-order valence-electron chi connectivity index (χ4n) is 1.13. The molecule has 0 unspecified atom stereocenters. The molecule has 0 N–H and O–H groups in total. The second-order valence-electron chi connectivity index (χ2n) is 3.00. The quantitative estimate of drug-likeness (QED) is 0.752. The lowest BCUT2D eigenvalue weighted by Gasteiger charge is -2.01. The zero-order chi connectivity index (χ0) is 10.5. The van der Waals surface area contributed by atoms with Gasteiger partial charge in [0.25, 0.3) is 0 Å². The summed E-state index contributed by atoms with van der Waals surface area (Å²) >= 11 is 0. The Morgan fingerprint density at radius 1 is 1.27 bits per heavy atom. The van der Waals surface area contributed by atoms with E-state index in [0.717, 1.165) is 12.3 Å². The summed E-state index contributed by atoms with van der Waals surface area (Å²) in [4.78, 5) is 1.53. The van der Waals surface area contributed by atoms with Gasteiger partial charge in [0, 0.05) is 0 Å². The number of rotatable bonds is 4. The molecule has 78 valence electrons. The summed E-state index contributed by atoms with van der Waals surface area (Å²) in [7, 11) is 0. The van der Waals surface area contributed by atoms with E-state index >= 15 is 0 Å². The Bertz CT molecular complexity index is 412. The molecule has 0 saturated carbocycles. The third-order valence-corrected chi connectivity index (χ3v) is 1.89. The largest absolute Gasteiger partial charge is 0.485 e. The van der Waals surface area contributed by atoms with Crippen LogP contribution in [0.15, 0.2) is 30.3 Å². The summed E-state index contributed by atoms with van der Waals surface area (Å²) in [5.74, 6) is 1.41. The van der Waals surface area contributed by atoms with Gasteiger partial charge in [0.05, 0.1) is 6.54 Å². The highest BCUT2D eigenvalue weighted by molar-refractivity contribution is 5.20. The van der Waals surface area contributed by atoms with Crippen LogP contribution < -0.4 is 4.74 Å². The summed E-state index contributed by atoms with van der Waals surface area (Å²) in [5.41, 5.74) is 0. The van der Waals surface area contributed by atoms with Gasteiger partial charge in [-0.15, -0.1) is 10.2 Å². The predicted molar refractivity (Wildman–Crippen MR) is 54.3 cm³/mol. The zero-order valence-corrected chi connectivity index (χ0v) is 8.50. The number of aromatic nitrogens is 4. The van der Waals surface area contributed by atoms with Crippen LogP contribution in [0.4, 0.5) is 0 Å². The maximum absolute atomic E-state index is 5.47. The number of aryl methyl sites for hydroxylation is 1. The number of nitrogens with zero attached hydrogens (tertiary/aromatic N) is 4. The van der Waals surface area contributed by atoms with Crippen molar-refractivity contribution in [1.29, 1.82) is 0 Å². The third-order valence-electron chi connectivity index (χ3n) is 1.89. The molecule has 1 aromatic carbocycles. The van der Waals surface area contributed by atoms with E-state index < -0.39 is 0 Å². The van der Waals surface area contributed by atoms with E-state index in [4.69, 9.17) is 4.74 Å². The first kappa shape index (κ1) is 9.64. The molecule has 0 amide bonds. The molecule has 1 heterocycles. The molecule has 5 nitrogen and oxygen atoms in total. The van der Waals surface area contributed by atoms with Gasteiger partial charge < -0.3 is 4.74 Å². The molecule has 0 bridgehead atoms. The first-order valence-electron chi connectivity index (χ1n) is 4.83. The van der Waals surface area contributed by atoms with Crippen molar-refractivity contribution in [2.45, 2.75) is 20.1 Å². The molecule has 0 atom stereocenters. The Balaban J connectivity index is 1.93. The van der Waals surface area contributed by atoms with E-state index in [1.54, 1.807) is 0 Å². The maximum Gasteiger partial charge on any atom is 0.212 e. The molecular weight excluding hydrogens is 192 g/mol. The molecule has 0 fully saturated rings. The lowest BCUT2D eigenvalue weighted by Crippen LogP contribution is -2.01. The SMILES string of the molecule is CCn1nnc(COc2ccccc2)n1. The number of ether oxygens (including phenoxy) is 1. The summed E-state index contributed by atoms with van der Waals surface area (Å²) in [6.07, 6.45) is 0. The van der Waals surface area contributed by atoms with E-state index in [-0.39, 0.29) is 0 Å². The van der Waals surface area contributed by atoms with Crippen LogP contribution >= 0.6 is 0 Å². The van der Waals surface area contributed by atoms with Gasteiger partial charge in [0.1, 0.15) is 5.75 Å². The molecule has 1 aromatic heterocycles. The van der Waals surface area contributed by atoms with E-state index in [9.17, 15) is 0 Å². The van der Waals surface area contributed by atoms with Crippen molar-refractivity contribution in [2.75, 3.05) is 0 Å². The minimum Gasteiger partial charge on any atom is -0.485 e. The van der Waals surface area contributed by atoms with E-state index in [1.807, 2.05) is 37.3 Å². The van der Waals surface area contributed by atoms with Crippen LogP contribution in [0.3, 0.4) is 0 Å². The summed E-state index contributed by atoms with van der Waals surface area (Å²) in [5, 5.41) is 11.8. The monoisotopic (exact) mass is 204 g/mol. The van der Waals surface area contributed by atoms with Gasteiger partial charge in [0.2, 0.25) is 5.82 Å². The van der Waals surface area contributed by atoms with E-state index in [1.165, 1.54) is 4.80 Å². The van der Waals surface area contributed by atoms with Crippen LogP contribution in [0.1, 0.15) is 12.7 Å². The first-order valence-corrected chi connectivity index (χ1v) is 4.83. The minimum absolute atomic E-state index is 0.351. The van der Waals surface area contributed by atoms with Crippen molar-refractivity contribution in [1.82, 2.24) is 20.2 Å². The van der Waals surface area contributed by atoms with E-state index in [0.29, 0.717) is 12.4 Å². The standard InChI is InChI=1S/C10H12N4O/c1-2-14-12-10(11-13-14)8-15-9-6-4-3-5-7-9/h3-7H,2,8H2,1H3. The van der Waals surface area contributed by atoms with Crippen LogP contribution in [0.2, 0.25) is 0 Å². The second-order valence-corrected chi connectivity index (χ2v) is 3.00. The van der Waals surface area contributed by atoms with Crippen molar-refractivity contribution < 1.29 is 4.74 Å². The van der Waals surface area contributed by atoms with Gasteiger partial charge in [0.15, 0.2) is 6.61 Å². The van der Waals surface area contributed by atoms with Crippen LogP contribution in [0.25, 0.3) is 0 Å². The van der Waals surface area contributed by atoms with Crippen LogP contribution in [-0.4, -0.2) is 20.2 Å². The van der Waals surface area contributed by atoms with Gasteiger partial charge in [-0.2, -0.15) is 4.80 Å². The van der Waals surface area contributed by atoms with Crippen LogP contribution in [0, 0.1) is 0 Å². The third kappa shape index (κ3) is 2.52. The predicted octanol–water partition coefficient (Wildman–Crippen LogP) is 1.27. The number of hydrogen-bond acceptors (Lipinski definition) is 4. The van der Waals surface area contributed by atoms with Crippen molar-refractivity contribution >= 4 is 0 Å². The Morgan fingerprint density at radius 2 is 2.07 bits per heavy atom. The Morgan fingerprint density at radius 3 is 2.73 bits per heavy atom. The Hall–Kier alpha value is -1.91. The van der Waals surface area contributed by atoms with Gasteiger partial charge >= 0.3 is 0 Å². The van der Waals surface area contributed by atoms with Crippen molar-refractivity contribution in [3.63, 3.8) is 0 Å². The van der Waals surface area contributed by atoms with Crippen LogP contribution in [0.5, 0.6) is 5.75 Å². The average Bonchev–Trinajstić information content (AvgIpc) is 2.76. The summed E-state index contributed by atoms with van der Waals surface area (Å²) in [6, 6.07) is 9.57. The summed E-state index contributed by atoms with van der Waals surface area (Å²) in [6.45, 7) is 3.03. The lowest BCUT2D eigenvalue weighted by molar-refractivity contribution is 0.295. The van der Waals surface area contributed by atoms with Gasteiger partial charge in [-0.1, -0.05) is 18.2 Å². The van der Waals surface area contributed by atoms with E-state index in [2.05, 4.69) is 15.4 Å². The maximum atomic E-state index is 5.47. The number of para-hydroxylation sites is 1. The fraction of sp³-hybridized carbons (Fsp3) is 0.300. The normalized spacial score (nSPS) is 10.2. The molecule has 0 aliphatic rings.